The Balaban J connectivity index is 2.26. The molecule has 1 N–H and O–H groups in total. The van der Waals surface area contributed by atoms with E-state index in [1.165, 1.54) is 13.8 Å². The number of hydrogen-bond donors (Lipinski definition) is 1. The summed E-state index contributed by atoms with van der Waals surface area (Å²) in [6, 6.07) is 2.39. The van der Waals surface area contributed by atoms with Gasteiger partial charge in [-0.25, -0.2) is 14.2 Å². The van der Waals surface area contributed by atoms with Crippen molar-refractivity contribution in [2.75, 3.05) is 13.7 Å². The van der Waals surface area contributed by atoms with E-state index in [0.717, 1.165) is 25.4 Å². The number of esters is 1. The summed E-state index contributed by atoms with van der Waals surface area (Å²) in [5.41, 5.74) is -2.82. The van der Waals surface area contributed by atoms with Crippen LogP contribution in [-0.4, -0.2) is 29.7 Å². The summed E-state index contributed by atoms with van der Waals surface area (Å²) in [6.07, 6.45) is -4.12. The maximum Gasteiger partial charge on any atom is 0.433 e. The standard InChI is InChI=1S/C23H19F5N2O5/c1-5-34-22(32)17-11(3)30-19(10(2)20(17)31)12-8-16(23(26,27)28)29-9-15(12)35-14-7-6-13(24)18(25)21(14)33-4/h6-9H,5H2,1-4H3,(H,30,31). The molecule has 2 aromatic heterocycles. The molecule has 35 heavy (non-hydrogen) atoms. The van der Waals surface area contributed by atoms with Crippen LogP contribution in [0, 0.1) is 25.5 Å². The number of pyridine rings is 2. The van der Waals surface area contributed by atoms with Gasteiger partial charge in [0.05, 0.1) is 25.6 Å². The Labute approximate surface area is 195 Å². The van der Waals surface area contributed by atoms with Crippen LogP contribution < -0.4 is 14.9 Å². The van der Waals surface area contributed by atoms with Gasteiger partial charge in [0, 0.05) is 16.8 Å². The molecule has 0 radical (unpaired) electrons. The van der Waals surface area contributed by atoms with Gasteiger partial charge in [-0.1, -0.05) is 0 Å². The number of nitrogens with zero attached hydrogens (tertiary/aromatic N) is 1. The van der Waals surface area contributed by atoms with E-state index in [2.05, 4.69) is 9.97 Å². The minimum atomic E-state index is -4.85. The summed E-state index contributed by atoms with van der Waals surface area (Å²) in [5, 5.41) is 0. The number of carbonyl (C=O) groups excluding carboxylic acids is 1. The van der Waals surface area contributed by atoms with Crippen LogP contribution in [0.5, 0.6) is 17.2 Å². The largest absolute Gasteiger partial charge is 0.490 e. The molecule has 3 aromatic rings. The van der Waals surface area contributed by atoms with E-state index in [4.69, 9.17) is 14.2 Å². The Morgan fingerprint density at radius 3 is 2.43 bits per heavy atom. The van der Waals surface area contributed by atoms with Crippen molar-refractivity contribution in [1.29, 1.82) is 0 Å². The van der Waals surface area contributed by atoms with Crippen molar-refractivity contribution in [3.63, 3.8) is 0 Å². The predicted molar refractivity (Wildman–Crippen MR) is 114 cm³/mol. The number of carbonyl (C=O) groups is 1. The van der Waals surface area contributed by atoms with Gasteiger partial charge in [-0.15, -0.1) is 0 Å². The molecule has 0 atom stereocenters. The molecule has 0 saturated heterocycles. The Morgan fingerprint density at radius 2 is 1.83 bits per heavy atom. The molecule has 0 fully saturated rings. The minimum Gasteiger partial charge on any atom is -0.490 e. The molecule has 0 aliphatic carbocycles. The number of alkyl halides is 3. The summed E-state index contributed by atoms with van der Waals surface area (Å²) in [6.45, 7) is 4.23. The lowest BCUT2D eigenvalue weighted by molar-refractivity contribution is -0.141. The monoisotopic (exact) mass is 498 g/mol. The number of benzene rings is 1. The van der Waals surface area contributed by atoms with Crippen LogP contribution in [0.1, 0.15) is 34.2 Å². The zero-order valence-corrected chi connectivity index (χ0v) is 18.9. The Kier molecular flexibility index (Phi) is 7.13. The number of methoxy groups -OCH3 is 1. The zero-order valence-electron chi connectivity index (χ0n) is 18.9. The van der Waals surface area contributed by atoms with Gasteiger partial charge in [-0.2, -0.15) is 17.6 Å². The van der Waals surface area contributed by atoms with E-state index in [0.29, 0.717) is 6.07 Å². The van der Waals surface area contributed by atoms with Gasteiger partial charge in [0.15, 0.2) is 22.7 Å². The smallest absolute Gasteiger partial charge is 0.433 e. The molecule has 12 heteroatoms. The maximum absolute atomic E-state index is 14.1. The molecule has 3 rings (SSSR count). The number of hydrogen-bond acceptors (Lipinski definition) is 6. The van der Waals surface area contributed by atoms with Crippen molar-refractivity contribution in [1.82, 2.24) is 9.97 Å². The van der Waals surface area contributed by atoms with Crippen molar-refractivity contribution < 1.29 is 41.0 Å². The SMILES string of the molecule is CCOC(=O)c1c(C)[nH]c(-c2cc(C(F)(F)F)ncc2Oc2ccc(F)c(F)c2OC)c(C)c1=O. The number of rotatable bonds is 6. The molecule has 0 unspecified atom stereocenters. The van der Waals surface area contributed by atoms with Crippen LogP contribution >= 0.6 is 0 Å². The van der Waals surface area contributed by atoms with Gasteiger partial charge < -0.3 is 19.2 Å². The second-order valence-corrected chi connectivity index (χ2v) is 7.23. The average Bonchev–Trinajstić information content (AvgIpc) is 2.79. The number of nitrogens with one attached hydrogen (secondary N) is 1. The van der Waals surface area contributed by atoms with Crippen LogP contribution in [0.4, 0.5) is 22.0 Å². The quantitative estimate of drug-likeness (QED) is 0.365. The Bertz CT molecular complexity index is 1350. The highest BCUT2D eigenvalue weighted by Crippen LogP contribution is 2.41. The second-order valence-electron chi connectivity index (χ2n) is 7.23. The lowest BCUT2D eigenvalue weighted by Crippen LogP contribution is -2.23. The van der Waals surface area contributed by atoms with Gasteiger partial charge in [0.1, 0.15) is 11.3 Å². The molecule has 0 bridgehead atoms. The number of H-pyrrole nitrogens is 1. The highest BCUT2D eigenvalue weighted by molar-refractivity contribution is 5.91. The second kappa shape index (κ2) is 9.72. The third kappa shape index (κ3) is 4.96. The molecule has 0 saturated carbocycles. The number of aromatic amines is 1. The molecule has 1 aromatic carbocycles. The summed E-state index contributed by atoms with van der Waals surface area (Å²) in [5.74, 6) is -4.81. The maximum atomic E-state index is 14.1. The normalized spacial score (nSPS) is 11.3. The predicted octanol–water partition coefficient (Wildman–Crippen LogP) is 5.33. The topological polar surface area (TPSA) is 90.5 Å². The van der Waals surface area contributed by atoms with Gasteiger partial charge in [0.25, 0.3) is 0 Å². The molecule has 0 amide bonds. The third-order valence-electron chi connectivity index (χ3n) is 4.97. The molecular formula is C23H19F5N2O5. The van der Waals surface area contributed by atoms with Crippen molar-refractivity contribution >= 4 is 5.97 Å². The van der Waals surface area contributed by atoms with Crippen LogP contribution in [-0.2, 0) is 10.9 Å². The van der Waals surface area contributed by atoms with Crippen LogP contribution in [0.15, 0.2) is 29.2 Å². The molecular weight excluding hydrogens is 479 g/mol. The van der Waals surface area contributed by atoms with Gasteiger partial charge >= 0.3 is 12.1 Å². The first-order chi connectivity index (χ1) is 16.4. The highest BCUT2D eigenvalue weighted by atomic mass is 19.4. The summed E-state index contributed by atoms with van der Waals surface area (Å²) in [7, 11) is 1.05. The van der Waals surface area contributed by atoms with E-state index in [1.54, 1.807) is 6.92 Å². The van der Waals surface area contributed by atoms with E-state index in [-0.39, 0.29) is 46.2 Å². The average molecular weight is 498 g/mol. The third-order valence-corrected chi connectivity index (χ3v) is 4.97. The molecule has 7 nitrogen and oxygen atoms in total. The minimum absolute atomic E-state index is 0.00581. The highest BCUT2D eigenvalue weighted by Gasteiger charge is 2.34. The first-order valence-electron chi connectivity index (χ1n) is 10.1. The molecule has 0 aliphatic rings. The van der Waals surface area contributed by atoms with Gasteiger partial charge in [-0.3, -0.25) is 4.79 Å². The van der Waals surface area contributed by atoms with E-state index in [1.807, 2.05) is 0 Å². The summed E-state index contributed by atoms with van der Waals surface area (Å²) < 4.78 is 83.3. The molecule has 0 aliphatic heterocycles. The van der Waals surface area contributed by atoms with Crippen LogP contribution in [0.3, 0.4) is 0 Å². The van der Waals surface area contributed by atoms with Crippen LogP contribution in [0.2, 0.25) is 0 Å². The van der Waals surface area contributed by atoms with Crippen molar-refractivity contribution in [3.05, 3.63) is 68.8 Å². The summed E-state index contributed by atoms with van der Waals surface area (Å²) in [4.78, 5) is 31.2. The zero-order chi connectivity index (χ0) is 26.1. The molecule has 0 spiro atoms. The summed E-state index contributed by atoms with van der Waals surface area (Å²) >= 11 is 0. The van der Waals surface area contributed by atoms with Gasteiger partial charge in [0.2, 0.25) is 11.6 Å². The first kappa shape index (κ1) is 25.7. The van der Waals surface area contributed by atoms with E-state index >= 15 is 0 Å². The fourth-order valence-electron chi connectivity index (χ4n) is 3.31. The van der Waals surface area contributed by atoms with Crippen molar-refractivity contribution in [2.45, 2.75) is 26.9 Å². The number of aromatic nitrogens is 2. The lowest BCUT2D eigenvalue weighted by Gasteiger charge is -2.18. The fraction of sp³-hybridized carbons (Fsp3) is 0.261. The molecule has 186 valence electrons. The number of halogens is 5. The van der Waals surface area contributed by atoms with E-state index < -0.39 is 40.7 Å². The first-order valence-corrected chi connectivity index (χ1v) is 10.1. The Hall–Kier alpha value is -3.96. The Morgan fingerprint density at radius 1 is 1.14 bits per heavy atom. The van der Waals surface area contributed by atoms with Crippen LogP contribution in [0.25, 0.3) is 11.3 Å². The van der Waals surface area contributed by atoms with Crippen molar-refractivity contribution in [2.24, 2.45) is 0 Å². The van der Waals surface area contributed by atoms with E-state index in [9.17, 15) is 31.5 Å². The fourth-order valence-corrected chi connectivity index (χ4v) is 3.31. The molecule has 2 heterocycles. The number of ether oxygens (including phenoxy) is 3. The number of aryl methyl sites for hydroxylation is 1. The van der Waals surface area contributed by atoms with Crippen molar-refractivity contribution in [3.8, 4) is 28.5 Å². The lowest BCUT2D eigenvalue weighted by atomic mass is 10.0. The van der Waals surface area contributed by atoms with Gasteiger partial charge in [-0.05, 0) is 39.0 Å².